The van der Waals surface area contributed by atoms with Gasteiger partial charge in [0.25, 0.3) is 5.69 Å². The van der Waals surface area contributed by atoms with Gasteiger partial charge in [-0.1, -0.05) is 46.4 Å². The van der Waals surface area contributed by atoms with E-state index in [1.165, 1.54) is 18.3 Å². The summed E-state index contributed by atoms with van der Waals surface area (Å²) in [5.74, 6) is 2.63. The van der Waals surface area contributed by atoms with Crippen molar-refractivity contribution in [3.8, 4) is 18.1 Å². The fourth-order valence-electron chi connectivity index (χ4n) is 1.88. The van der Waals surface area contributed by atoms with Crippen molar-refractivity contribution < 1.29 is 14.5 Å². The molecule has 0 radical (unpaired) electrons. The number of non-ortho nitro benzene ring substituents is 1. The highest BCUT2D eigenvalue weighted by molar-refractivity contribution is 6.37. The number of terminal acetylenes is 1. The van der Waals surface area contributed by atoms with Gasteiger partial charge in [0.05, 0.1) is 21.2 Å². The van der Waals surface area contributed by atoms with Gasteiger partial charge >= 0.3 is 0 Å². The Kier molecular flexibility index (Phi) is 6.63. The minimum Gasteiger partial charge on any atom is -0.478 e. The van der Waals surface area contributed by atoms with E-state index in [0.29, 0.717) is 26.9 Å². The average Bonchev–Trinajstić information content (AvgIpc) is 2.58. The van der Waals surface area contributed by atoms with E-state index >= 15 is 0 Å². The summed E-state index contributed by atoms with van der Waals surface area (Å²) >= 11 is 12.2. The van der Waals surface area contributed by atoms with E-state index < -0.39 is 4.92 Å². The van der Waals surface area contributed by atoms with Crippen molar-refractivity contribution in [2.45, 2.75) is 6.61 Å². The molecule has 0 aliphatic carbocycles. The van der Waals surface area contributed by atoms with Crippen molar-refractivity contribution in [3.63, 3.8) is 0 Å². The highest BCUT2D eigenvalue weighted by Gasteiger charge is 2.09. The van der Waals surface area contributed by atoms with Gasteiger partial charge in [-0.15, -0.1) is 6.42 Å². The van der Waals surface area contributed by atoms with Crippen molar-refractivity contribution in [1.82, 2.24) is 0 Å². The van der Waals surface area contributed by atoms with Crippen LogP contribution in [0.15, 0.2) is 41.6 Å². The van der Waals surface area contributed by atoms with Gasteiger partial charge in [0.1, 0.15) is 13.2 Å². The molecule has 0 bridgehead atoms. The zero-order chi connectivity index (χ0) is 18.2. The van der Waals surface area contributed by atoms with Gasteiger partial charge in [0.2, 0.25) is 0 Å². The summed E-state index contributed by atoms with van der Waals surface area (Å²) in [6.45, 7) is 0.141. The van der Waals surface area contributed by atoms with Crippen LogP contribution >= 0.6 is 23.2 Å². The molecule has 0 amide bonds. The molecular formula is C17H12Cl2N2O4. The lowest BCUT2D eigenvalue weighted by Crippen LogP contribution is -1.96. The summed E-state index contributed by atoms with van der Waals surface area (Å²) < 4.78 is 5.25. The number of ether oxygens (including phenoxy) is 1. The molecule has 8 heteroatoms. The first-order valence-corrected chi connectivity index (χ1v) is 7.71. The summed E-state index contributed by atoms with van der Waals surface area (Å²) in [6.07, 6.45) is 6.54. The second kappa shape index (κ2) is 8.92. The van der Waals surface area contributed by atoms with Crippen LogP contribution in [0.2, 0.25) is 10.0 Å². The number of hydrogen-bond acceptors (Lipinski definition) is 5. The third-order valence-corrected chi connectivity index (χ3v) is 3.51. The maximum Gasteiger partial charge on any atom is 0.269 e. The molecule has 2 aromatic carbocycles. The molecule has 25 heavy (non-hydrogen) atoms. The Hall–Kier alpha value is -2.75. The van der Waals surface area contributed by atoms with Crippen molar-refractivity contribution in [1.29, 1.82) is 0 Å². The van der Waals surface area contributed by atoms with Gasteiger partial charge < -0.3 is 9.57 Å². The lowest BCUT2D eigenvalue weighted by atomic mass is 10.2. The summed E-state index contributed by atoms with van der Waals surface area (Å²) in [7, 11) is 0. The monoisotopic (exact) mass is 378 g/mol. The van der Waals surface area contributed by atoms with Crippen LogP contribution in [-0.4, -0.2) is 17.7 Å². The molecule has 6 nitrogen and oxygen atoms in total. The lowest BCUT2D eigenvalue weighted by molar-refractivity contribution is -0.384. The van der Waals surface area contributed by atoms with E-state index in [4.69, 9.17) is 39.2 Å². The molecule has 0 N–H and O–H groups in total. The van der Waals surface area contributed by atoms with Crippen LogP contribution in [0.1, 0.15) is 11.1 Å². The standard InChI is InChI=1S/C17H12Cl2N2O4/c1-2-6-24-17-15(18)8-13(9-16(17)19)10-20-25-11-12-4-3-5-14(7-12)21(22)23/h1,3-5,7-10H,6,11H2/b20-10-. The summed E-state index contributed by atoms with van der Waals surface area (Å²) in [5.41, 5.74) is 1.22. The molecule has 0 atom stereocenters. The first-order valence-electron chi connectivity index (χ1n) is 6.95. The quantitative estimate of drug-likeness (QED) is 0.308. The average molecular weight is 379 g/mol. The van der Waals surface area contributed by atoms with Crippen molar-refractivity contribution in [2.24, 2.45) is 5.16 Å². The van der Waals surface area contributed by atoms with E-state index in [1.807, 2.05) is 0 Å². The summed E-state index contributed by atoms with van der Waals surface area (Å²) in [5, 5.41) is 15.1. The number of nitro groups is 1. The number of oxime groups is 1. The first-order chi connectivity index (χ1) is 12.0. The van der Waals surface area contributed by atoms with Crippen LogP contribution in [0.3, 0.4) is 0 Å². The molecule has 2 aromatic rings. The van der Waals surface area contributed by atoms with Gasteiger partial charge in [-0.3, -0.25) is 10.1 Å². The molecule has 0 heterocycles. The van der Waals surface area contributed by atoms with Gasteiger partial charge in [0.15, 0.2) is 5.75 Å². The van der Waals surface area contributed by atoms with Crippen LogP contribution in [0.5, 0.6) is 5.75 Å². The highest BCUT2D eigenvalue weighted by atomic mass is 35.5. The normalized spacial score (nSPS) is 10.4. The predicted octanol–water partition coefficient (Wildman–Crippen LogP) is 4.46. The van der Waals surface area contributed by atoms with E-state index in [1.54, 1.807) is 24.3 Å². The lowest BCUT2D eigenvalue weighted by Gasteiger charge is -2.08. The second-order valence-electron chi connectivity index (χ2n) is 4.74. The number of benzene rings is 2. The third-order valence-electron chi connectivity index (χ3n) is 2.95. The Morgan fingerprint density at radius 3 is 2.64 bits per heavy atom. The molecule has 2 rings (SSSR count). The molecule has 0 saturated carbocycles. The molecule has 0 saturated heterocycles. The Morgan fingerprint density at radius 1 is 1.28 bits per heavy atom. The summed E-state index contributed by atoms with van der Waals surface area (Å²) in [4.78, 5) is 15.4. The predicted molar refractivity (Wildman–Crippen MR) is 96.3 cm³/mol. The van der Waals surface area contributed by atoms with E-state index in [-0.39, 0.29) is 18.9 Å². The maximum absolute atomic E-state index is 10.7. The number of rotatable bonds is 7. The number of nitro benzene ring substituents is 1. The van der Waals surface area contributed by atoms with Gasteiger partial charge in [-0.25, -0.2) is 0 Å². The maximum atomic E-state index is 10.7. The highest BCUT2D eigenvalue weighted by Crippen LogP contribution is 2.33. The fourth-order valence-corrected chi connectivity index (χ4v) is 2.49. The molecule has 0 aromatic heterocycles. The summed E-state index contributed by atoms with van der Waals surface area (Å²) in [6, 6.07) is 9.29. The van der Waals surface area contributed by atoms with Crippen molar-refractivity contribution in [3.05, 3.63) is 67.7 Å². The van der Waals surface area contributed by atoms with E-state index in [9.17, 15) is 10.1 Å². The fraction of sp³-hybridized carbons (Fsp3) is 0.118. The zero-order valence-electron chi connectivity index (χ0n) is 12.8. The minimum absolute atomic E-state index is 0.00815. The molecule has 0 fully saturated rings. The molecular weight excluding hydrogens is 367 g/mol. The number of halogens is 2. The van der Waals surface area contributed by atoms with Gasteiger partial charge in [-0.2, -0.15) is 0 Å². The molecule has 128 valence electrons. The Labute approximate surface area is 154 Å². The Morgan fingerprint density at radius 2 is 2.00 bits per heavy atom. The van der Waals surface area contributed by atoms with Crippen LogP contribution in [0, 0.1) is 22.5 Å². The smallest absolute Gasteiger partial charge is 0.269 e. The largest absolute Gasteiger partial charge is 0.478 e. The molecule has 0 aliphatic heterocycles. The minimum atomic E-state index is -0.472. The number of nitrogens with zero attached hydrogens (tertiary/aromatic N) is 2. The number of hydrogen-bond donors (Lipinski definition) is 0. The third kappa shape index (κ3) is 5.38. The van der Waals surface area contributed by atoms with Crippen LogP contribution < -0.4 is 4.74 Å². The molecule has 0 aliphatic rings. The van der Waals surface area contributed by atoms with Gasteiger partial charge in [-0.05, 0) is 23.3 Å². The van der Waals surface area contributed by atoms with Crippen molar-refractivity contribution in [2.75, 3.05) is 6.61 Å². The Bertz CT molecular complexity index is 824. The van der Waals surface area contributed by atoms with Crippen LogP contribution in [-0.2, 0) is 11.4 Å². The van der Waals surface area contributed by atoms with Crippen LogP contribution in [0.4, 0.5) is 5.69 Å². The second-order valence-corrected chi connectivity index (χ2v) is 5.56. The Balaban J connectivity index is 1.99. The van der Waals surface area contributed by atoms with Crippen LogP contribution in [0.25, 0.3) is 0 Å². The zero-order valence-corrected chi connectivity index (χ0v) is 14.3. The van der Waals surface area contributed by atoms with Gasteiger partial charge in [0, 0.05) is 12.1 Å². The van der Waals surface area contributed by atoms with Crippen molar-refractivity contribution >= 4 is 35.1 Å². The first kappa shape index (κ1) is 18.6. The SMILES string of the molecule is C#CCOc1c(Cl)cc(/C=N\OCc2cccc([N+](=O)[O-])c2)cc1Cl. The van der Waals surface area contributed by atoms with E-state index in [0.717, 1.165) is 0 Å². The van der Waals surface area contributed by atoms with E-state index in [2.05, 4.69) is 11.1 Å². The molecule has 0 spiro atoms. The topological polar surface area (TPSA) is 74.0 Å². The molecule has 0 unspecified atom stereocenters.